The Kier molecular flexibility index (Phi) is 5.03. The van der Waals surface area contributed by atoms with E-state index >= 15 is 0 Å². The molecule has 1 aliphatic rings. The fraction of sp³-hybridized carbons (Fsp3) is 0.375. The molecule has 0 saturated heterocycles. The molecule has 0 unspecified atom stereocenters. The van der Waals surface area contributed by atoms with Crippen molar-refractivity contribution in [3.8, 4) is 5.75 Å². The second kappa shape index (κ2) is 6.79. The number of thiocarbonyl (C=S) groups is 1. The van der Waals surface area contributed by atoms with E-state index in [1.165, 1.54) is 0 Å². The van der Waals surface area contributed by atoms with Gasteiger partial charge in [-0.25, -0.2) is 4.79 Å². The van der Waals surface area contributed by atoms with E-state index in [9.17, 15) is 4.79 Å². The smallest absolute Gasteiger partial charge is 0.338 e. The van der Waals surface area contributed by atoms with Gasteiger partial charge in [0.2, 0.25) is 0 Å². The minimum Gasteiger partial charge on any atom is -0.496 e. The number of aryl methyl sites for hydroxylation is 1. The van der Waals surface area contributed by atoms with Crippen LogP contribution in [0.3, 0.4) is 0 Å². The van der Waals surface area contributed by atoms with Crippen molar-refractivity contribution in [2.45, 2.75) is 26.8 Å². The van der Waals surface area contributed by atoms with Crippen LogP contribution in [0.5, 0.6) is 5.75 Å². The van der Waals surface area contributed by atoms with Gasteiger partial charge in [-0.1, -0.05) is 12.1 Å². The van der Waals surface area contributed by atoms with E-state index in [1.54, 1.807) is 14.0 Å². The zero-order valence-electron chi connectivity index (χ0n) is 13.1. The largest absolute Gasteiger partial charge is 0.496 e. The van der Waals surface area contributed by atoms with Crippen LogP contribution in [0.2, 0.25) is 0 Å². The van der Waals surface area contributed by atoms with Crippen LogP contribution in [0.1, 0.15) is 31.0 Å². The highest BCUT2D eigenvalue weighted by atomic mass is 32.1. The highest BCUT2D eigenvalue weighted by molar-refractivity contribution is 7.80. The average Bonchev–Trinajstić information content (AvgIpc) is 2.47. The van der Waals surface area contributed by atoms with E-state index in [4.69, 9.17) is 21.7 Å². The maximum atomic E-state index is 12.3. The quantitative estimate of drug-likeness (QED) is 0.656. The lowest BCUT2D eigenvalue weighted by molar-refractivity contribution is -0.139. The highest BCUT2D eigenvalue weighted by Gasteiger charge is 2.31. The summed E-state index contributed by atoms with van der Waals surface area (Å²) in [4.78, 5) is 12.3. The van der Waals surface area contributed by atoms with E-state index in [1.807, 2.05) is 32.0 Å². The van der Waals surface area contributed by atoms with E-state index in [2.05, 4.69) is 10.6 Å². The molecule has 6 heteroatoms. The lowest BCUT2D eigenvalue weighted by Crippen LogP contribution is -2.45. The molecule has 118 valence electrons. The van der Waals surface area contributed by atoms with Gasteiger partial charge in [0.05, 0.1) is 25.3 Å². The number of nitrogens with one attached hydrogen (secondary N) is 2. The van der Waals surface area contributed by atoms with Gasteiger partial charge < -0.3 is 20.1 Å². The molecule has 0 aromatic heterocycles. The molecule has 0 radical (unpaired) electrons. The van der Waals surface area contributed by atoms with Crippen molar-refractivity contribution >= 4 is 23.3 Å². The Balaban J connectivity index is 2.47. The molecule has 0 bridgehead atoms. The maximum Gasteiger partial charge on any atom is 0.338 e. The summed E-state index contributed by atoms with van der Waals surface area (Å²) in [5.41, 5.74) is 3.16. The minimum absolute atomic E-state index is 0.323. The number of carbonyl (C=O) groups excluding carboxylic acids is 1. The number of methoxy groups -OCH3 is 1. The van der Waals surface area contributed by atoms with Crippen molar-refractivity contribution in [3.05, 3.63) is 40.6 Å². The van der Waals surface area contributed by atoms with Crippen molar-refractivity contribution in [1.29, 1.82) is 0 Å². The standard InChI is InChI=1S/C16H20N2O3S/c1-5-21-15(19)13-10(3)17-16(22)18-14(13)11-7-6-9(2)12(8-11)20-4/h6-8,14H,5H2,1-4H3,(H2,17,18,22)/t14-/m0/s1. The molecule has 0 saturated carbocycles. The molecule has 0 spiro atoms. The summed E-state index contributed by atoms with van der Waals surface area (Å²) < 4.78 is 10.5. The van der Waals surface area contributed by atoms with Crippen LogP contribution in [0, 0.1) is 6.92 Å². The van der Waals surface area contributed by atoms with Gasteiger partial charge in [-0.2, -0.15) is 0 Å². The molecular formula is C16H20N2O3S. The van der Waals surface area contributed by atoms with Gasteiger partial charge in [-0.3, -0.25) is 0 Å². The Morgan fingerprint density at radius 2 is 2.09 bits per heavy atom. The Morgan fingerprint density at radius 1 is 1.36 bits per heavy atom. The predicted octanol–water partition coefficient (Wildman–Crippen LogP) is 2.36. The molecule has 1 aromatic carbocycles. The fourth-order valence-electron chi connectivity index (χ4n) is 2.44. The summed E-state index contributed by atoms with van der Waals surface area (Å²) in [6.07, 6.45) is 0. The van der Waals surface area contributed by atoms with Crippen molar-refractivity contribution in [2.24, 2.45) is 0 Å². The van der Waals surface area contributed by atoms with Gasteiger partial charge in [0, 0.05) is 5.70 Å². The fourth-order valence-corrected chi connectivity index (χ4v) is 2.71. The topological polar surface area (TPSA) is 59.6 Å². The van der Waals surface area contributed by atoms with Crippen LogP contribution >= 0.6 is 12.2 Å². The zero-order chi connectivity index (χ0) is 16.3. The van der Waals surface area contributed by atoms with Crippen molar-refractivity contribution < 1.29 is 14.3 Å². The van der Waals surface area contributed by atoms with Crippen molar-refractivity contribution in [3.63, 3.8) is 0 Å². The van der Waals surface area contributed by atoms with Crippen molar-refractivity contribution in [1.82, 2.24) is 10.6 Å². The second-order valence-corrected chi connectivity index (χ2v) is 5.43. The summed E-state index contributed by atoms with van der Waals surface area (Å²) in [6.45, 7) is 5.89. The molecule has 0 amide bonds. The maximum absolute atomic E-state index is 12.3. The van der Waals surface area contributed by atoms with Crippen LogP contribution in [0.15, 0.2) is 29.5 Å². The third kappa shape index (κ3) is 3.22. The number of hydrogen-bond acceptors (Lipinski definition) is 4. The molecule has 1 atom stereocenters. The van der Waals surface area contributed by atoms with E-state index in [0.29, 0.717) is 23.0 Å². The lowest BCUT2D eigenvalue weighted by atomic mass is 9.94. The first-order chi connectivity index (χ1) is 10.5. The Morgan fingerprint density at radius 3 is 2.73 bits per heavy atom. The normalized spacial score (nSPS) is 17.6. The van der Waals surface area contributed by atoms with Crippen LogP contribution < -0.4 is 15.4 Å². The third-order valence-corrected chi connectivity index (χ3v) is 3.75. The number of allylic oxidation sites excluding steroid dienone is 1. The van der Waals surface area contributed by atoms with Gasteiger partial charge in [-0.15, -0.1) is 0 Å². The Labute approximate surface area is 135 Å². The van der Waals surface area contributed by atoms with Gasteiger partial charge in [0.1, 0.15) is 5.75 Å². The zero-order valence-corrected chi connectivity index (χ0v) is 14.0. The minimum atomic E-state index is -0.359. The monoisotopic (exact) mass is 320 g/mol. The molecule has 2 N–H and O–H groups in total. The van der Waals surface area contributed by atoms with Crippen LogP contribution in [0.4, 0.5) is 0 Å². The first-order valence-corrected chi connectivity index (χ1v) is 7.48. The molecule has 1 heterocycles. The Hall–Kier alpha value is -2.08. The van der Waals surface area contributed by atoms with Gasteiger partial charge >= 0.3 is 5.97 Å². The molecule has 0 aliphatic carbocycles. The lowest BCUT2D eigenvalue weighted by Gasteiger charge is -2.30. The predicted molar refractivity (Wildman–Crippen MR) is 88.7 cm³/mol. The molecule has 1 aliphatic heterocycles. The molecule has 1 aromatic rings. The average molecular weight is 320 g/mol. The van der Waals surface area contributed by atoms with Gasteiger partial charge in [-0.05, 0) is 50.2 Å². The summed E-state index contributed by atoms with van der Waals surface area (Å²) in [6, 6.07) is 5.46. The van der Waals surface area contributed by atoms with Crippen LogP contribution in [-0.4, -0.2) is 24.8 Å². The van der Waals surface area contributed by atoms with Gasteiger partial charge in [0.25, 0.3) is 0 Å². The molecule has 22 heavy (non-hydrogen) atoms. The van der Waals surface area contributed by atoms with E-state index < -0.39 is 0 Å². The number of hydrogen-bond donors (Lipinski definition) is 2. The molecule has 0 fully saturated rings. The summed E-state index contributed by atoms with van der Waals surface area (Å²) >= 11 is 5.21. The highest BCUT2D eigenvalue weighted by Crippen LogP contribution is 2.31. The first kappa shape index (κ1) is 16.3. The van der Waals surface area contributed by atoms with Gasteiger partial charge in [0.15, 0.2) is 5.11 Å². The first-order valence-electron chi connectivity index (χ1n) is 7.07. The Bertz CT molecular complexity index is 640. The number of esters is 1. The van der Waals surface area contributed by atoms with Crippen LogP contribution in [0.25, 0.3) is 0 Å². The number of ether oxygens (including phenoxy) is 2. The third-order valence-electron chi connectivity index (χ3n) is 3.53. The molecular weight excluding hydrogens is 300 g/mol. The van der Waals surface area contributed by atoms with Crippen LogP contribution in [-0.2, 0) is 9.53 Å². The second-order valence-electron chi connectivity index (χ2n) is 5.02. The van der Waals surface area contributed by atoms with E-state index in [-0.39, 0.29) is 12.0 Å². The molecule has 2 rings (SSSR count). The number of rotatable bonds is 4. The summed E-state index contributed by atoms with van der Waals surface area (Å²) in [5.74, 6) is 0.414. The number of carbonyl (C=O) groups is 1. The summed E-state index contributed by atoms with van der Waals surface area (Å²) in [5, 5.41) is 6.59. The SMILES string of the molecule is CCOC(=O)C1=C(C)NC(=S)N[C@H]1c1ccc(C)c(OC)c1. The van der Waals surface area contributed by atoms with E-state index in [0.717, 1.165) is 16.9 Å². The number of benzene rings is 1. The molecule has 5 nitrogen and oxygen atoms in total. The van der Waals surface area contributed by atoms with Crippen molar-refractivity contribution in [2.75, 3.05) is 13.7 Å². The summed E-state index contributed by atoms with van der Waals surface area (Å²) in [7, 11) is 1.62.